The average Bonchev–Trinajstić information content (AvgIpc) is 3.16. The standard InChI is InChI=1S/C23H27N3O2/c27-21(16-20-8-4-12-24-17-20)26-15-11-23(18-26)10-5-13-25(22(23)28)14-9-19-6-2-1-3-7-19/h1-4,6-8,12,17H,5,9-11,13-16,18H2/t23-/m1/s1. The van der Waals surface area contributed by atoms with Crippen LogP contribution in [0, 0.1) is 5.41 Å². The van der Waals surface area contributed by atoms with E-state index in [1.165, 1.54) is 5.56 Å². The first-order valence-corrected chi connectivity index (χ1v) is 10.2. The van der Waals surface area contributed by atoms with Gasteiger partial charge in [0, 0.05) is 38.6 Å². The monoisotopic (exact) mass is 377 g/mol. The molecule has 2 fully saturated rings. The van der Waals surface area contributed by atoms with Gasteiger partial charge in [-0.25, -0.2) is 0 Å². The molecule has 5 heteroatoms. The van der Waals surface area contributed by atoms with Gasteiger partial charge in [-0.3, -0.25) is 14.6 Å². The van der Waals surface area contributed by atoms with Crippen LogP contribution in [0.15, 0.2) is 54.9 Å². The molecule has 1 aromatic carbocycles. The van der Waals surface area contributed by atoms with Crippen molar-refractivity contribution in [1.82, 2.24) is 14.8 Å². The third-order valence-electron chi connectivity index (χ3n) is 6.12. The molecular formula is C23H27N3O2. The molecule has 146 valence electrons. The summed E-state index contributed by atoms with van der Waals surface area (Å²) in [6, 6.07) is 14.1. The predicted molar refractivity (Wildman–Crippen MR) is 108 cm³/mol. The van der Waals surface area contributed by atoms with Gasteiger partial charge in [0.15, 0.2) is 0 Å². The van der Waals surface area contributed by atoms with E-state index in [1.807, 2.05) is 40.1 Å². The number of piperidine rings is 1. The fourth-order valence-electron chi connectivity index (χ4n) is 4.53. The van der Waals surface area contributed by atoms with Gasteiger partial charge in [-0.15, -0.1) is 0 Å². The molecule has 2 aromatic rings. The summed E-state index contributed by atoms with van der Waals surface area (Å²) in [7, 11) is 0. The van der Waals surface area contributed by atoms with Gasteiger partial charge in [-0.2, -0.15) is 0 Å². The van der Waals surface area contributed by atoms with Gasteiger partial charge in [-0.1, -0.05) is 36.4 Å². The normalized spacial score (nSPS) is 22.1. The SMILES string of the molecule is O=C(Cc1cccnc1)N1CC[C@]2(CCCN(CCc3ccccc3)C2=O)C1. The molecular weight excluding hydrogens is 350 g/mol. The summed E-state index contributed by atoms with van der Waals surface area (Å²) < 4.78 is 0. The zero-order chi connectivity index (χ0) is 19.4. The quantitative estimate of drug-likeness (QED) is 0.805. The van der Waals surface area contributed by atoms with Gasteiger partial charge in [0.25, 0.3) is 0 Å². The number of amides is 2. The van der Waals surface area contributed by atoms with Crippen molar-refractivity contribution in [3.05, 3.63) is 66.0 Å². The van der Waals surface area contributed by atoms with Crippen molar-refractivity contribution >= 4 is 11.8 Å². The summed E-state index contributed by atoms with van der Waals surface area (Å²) in [4.78, 5) is 34.0. The summed E-state index contributed by atoms with van der Waals surface area (Å²) in [5.41, 5.74) is 1.81. The van der Waals surface area contributed by atoms with E-state index in [9.17, 15) is 9.59 Å². The lowest BCUT2D eigenvalue weighted by Crippen LogP contribution is -2.51. The maximum absolute atomic E-state index is 13.3. The van der Waals surface area contributed by atoms with Crippen LogP contribution in [0.3, 0.4) is 0 Å². The summed E-state index contributed by atoms with van der Waals surface area (Å²) in [5.74, 6) is 0.338. The van der Waals surface area contributed by atoms with Crippen LogP contribution in [0.25, 0.3) is 0 Å². The molecule has 0 saturated carbocycles. The van der Waals surface area contributed by atoms with Crippen molar-refractivity contribution in [2.75, 3.05) is 26.2 Å². The molecule has 28 heavy (non-hydrogen) atoms. The van der Waals surface area contributed by atoms with E-state index in [2.05, 4.69) is 17.1 Å². The number of hydrogen-bond donors (Lipinski definition) is 0. The lowest BCUT2D eigenvalue weighted by Gasteiger charge is -2.39. The highest BCUT2D eigenvalue weighted by molar-refractivity contribution is 5.86. The van der Waals surface area contributed by atoms with E-state index in [-0.39, 0.29) is 17.2 Å². The third-order valence-corrected chi connectivity index (χ3v) is 6.12. The summed E-state index contributed by atoms with van der Waals surface area (Å²) >= 11 is 0. The Kier molecular flexibility index (Phi) is 5.42. The molecule has 2 aliphatic rings. The number of pyridine rings is 1. The first kappa shape index (κ1) is 18.7. The predicted octanol–water partition coefficient (Wildman–Crippen LogP) is 2.71. The Morgan fingerprint density at radius 3 is 2.64 bits per heavy atom. The second-order valence-electron chi connectivity index (χ2n) is 8.02. The Labute approximate surface area is 166 Å². The molecule has 2 aliphatic heterocycles. The van der Waals surface area contributed by atoms with Crippen molar-refractivity contribution in [2.45, 2.75) is 32.1 Å². The first-order valence-electron chi connectivity index (χ1n) is 10.2. The van der Waals surface area contributed by atoms with E-state index < -0.39 is 0 Å². The molecule has 0 unspecified atom stereocenters. The van der Waals surface area contributed by atoms with Crippen LogP contribution in [-0.4, -0.2) is 52.8 Å². The number of rotatable bonds is 5. The van der Waals surface area contributed by atoms with Gasteiger partial charge in [0.2, 0.25) is 11.8 Å². The molecule has 1 atom stereocenters. The van der Waals surface area contributed by atoms with Gasteiger partial charge in [-0.05, 0) is 42.9 Å². The van der Waals surface area contributed by atoms with Crippen molar-refractivity contribution in [2.24, 2.45) is 5.41 Å². The number of benzene rings is 1. The van der Waals surface area contributed by atoms with Gasteiger partial charge in [0.05, 0.1) is 11.8 Å². The Morgan fingerprint density at radius 1 is 1.04 bits per heavy atom. The highest BCUT2D eigenvalue weighted by atomic mass is 16.2. The largest absolute Gasteiger partial charge is 0.342 e. The highest BCUT2D eigenvalue weighted by Crippen LogP contribution is 2.40. The number of hydrogen-bond acceptors (Lipinski definition) is 3. The number of aromatic nitrogens is 1. The number of carbonyl (C=O) groups is 2. The van der Waals surface area contributed by atoms with Gasteiger partial charge < -0.3 is 9.80 Å². The molecule has 4 rings (SSSR count). The van der Waals surface area contributed by atoms with Crippen molar-refractivity contribution in [3.63, 3.8) is 0 Å². The maximum Gasteiger partial charge on any atom is 0.230 e. The summed E-state index contributed by atoms with van der Waals surface area (Å²) in [6.45, 7) is 2.83. The van der Waals surface area contributed by atoms with Crippen LogP contribution in [0.4, 0.5) is 0 Å². The smallest absolute Gasteiger partial charge is 0.230 e. The fraction of sp³-hybridized carbons (Fsp3) is 0.435. The van der Waals surface area contributed by atoms with Crippen molar-refractivity contribution < 1.29 is 9.59 Å². The van der Waals surface area contributed by atoms with E-state index in [1.54, 1.807) is 12.4 Å². The van der Waals surface area contributed by atoms with E-state index in [0.29, 0.717) is 19.5 Å². The second kappa shape index (κ2) is 8.13. The molecule has 0 N–H and O–H groups in total. The van der Waals surface area contributed by atoms with Crippen LogP contribution in [0.2, 0.25) is 0 Å². The average molecular weight is 377 g/mol. The zero-order valence-electron chi connectivity index (χ0n) is 16.2. The lowest BCUT2D eigenvalue weighted by molar-refractivity contribution is -0.146. The minimum atomic E-state index is -0.375. The molecule has 0 radical (unpaired) electrons. The van der Waals surface area contributed by atoms with E-state index >= 15 is 0 Å². The van der Waals surface area contributed by atoms with Crippen LogP contribution < -0.4 is 0 Å². The van der Waals surface area contributed by atoms with E-state index in [0.717, 1.165) is 44.3 Å². The molecule has 0 aliphatic carbocycles. The highest BCUT2D eigenvalue weighted by Gasteiger charge is 2.49. The Balaban J connectivity index is 1.37. The summed E-state index contributed by atoms with van der Waals surface area (Å²) in [5, 5.41) is 0. The molecule has 2 amide bonds. The molecule has 0 bridgehead atoms. The first-order chi connectivity index (χ1) is 13.7. The number of nitrogens with zero attached hydrogens (tertiary/aromatic N) is 3. The number of carbonyl (C=O) groups excluding carboxylic acids is 2. The Bertz CT molecular complexity index is 824. The Morgan fingerprint density at radius 2 is 1.86 bits per heavy atom. The number of likely N-dealkylation sites (tertiary alicyclic amines) is 2. The molecule has 2 saturated heterocycles. The zero-order valence-corrected chi connectivity index (χ0v) is 16.2. The molecule has 5 nitrogen and oxygen atoms in total. The van der Waals surface area contributed by atoms with Crippen LogP contribution in [0.5, 0.6) is 0 Å². The minimum Gasteiger partial charge on any atom is -0.342 e. The third kappa shape index (κ3) is 3.93. The van der Waals surface area contributed by atoms with Crippen molar-refractivity contribution in [1.29, 1.82) is 0 Å². The van der Waals surface area contributed by atoms with E-state index in [4.69, 9.17) is 0 Å². The van der Waals surface area contributed by atoms with Gasteiger partial charge in [0.1, 0.15) is 0 Å². The van der Waals surface area contributed by atoms with Crippen molar-refractivity contribution in [3.8, 4) is 0 Å². The molecule has 3 heterocycles. The topological polar surface area (TPSA) is 53.5 Å². The summed E-state index contributed by atoms with van der Waals surface area (Å²) in [6.07, 6.45) is 7.38. The lowest BCUT2D eigenvalue weighted by atomic mass is 9.78. The maximum atomic E-state index is 13.3. The van der Waals surface area contributed by atoms with Crippen LogP contribution in [-0.2, 0) is 22.4 Å². The molecule has 1 aromatic heterocycles. The van der Waals surface area contributed by atoms with Crippen LogP contribution >= 0.6 is 0 Å². The minimum absolute atomic E-state index is 0.0964. The van der Waals surface area contributed by atoms with Gasteiger partial charge >= 0.3 is 0 Å². The second-order valence-corrected chi connectivity index (χ2v) is 8.02. The van der Waals surface area contributed by atoms with Crippen LogP contribution in [0.1, 0.15) is 30.4 Å². The molecule has 1 spiro atoms. The fourth-order valence-corrected chi connectivity index (χ4v) is 4.53. The Hall–Kier alpha value is -2.69.